The lowest BCUT2D eigenvalue weighted by atomic mass is 9.76. The zero-order valence-corrected chi connectivity index (χ0v) is 16.4. The van der Waals surface area contributed by atoms with Gasteiger partial charge in [-0.1, -0.05) is 24.8 Å². The predicted molar refractivity (Wildman–Crippen MR) is 110 cm³/mol. The van der Waals surface area contributed by atoms with Crippen LogP contribution in [-0.4, -0.2) is 59.1 Å². The van der Waals surface area contributed by atoms with Crippen molar-refractivity contribution in [2.75, 3.05) is 13.1 Å². The third-order valence-electron chi connectivity index (χ3n) is 5.21. The summed E-state index contributed by atoms with van der Waals surface area (Å²) >= 11 is 0. The second-order valence-corrected chi connectivity index (χ2v) is 7.22. The number of rotatable bonds is 7. The Labute approximate surface area is 174 Å². The lowest BCUT2D eigenvalue weighted by molar-refractivity contribution is -0.127. The second-order valence-electron chi connectivity index (χ2n) is 7.22. The van der Waals surface area contributed by atoms with Crippen LogP contribution in [0.4, 0.5) is 4.79 Å². The minimum Gasteiger partial charge on any atom is -0.464 e. The molecule has 4 N–H and O–H groups in total. The molecule has 0 aliphatic carbocycles. The number of likely N-dealkylation sites (tertiary alicyclic amines) is 1. The quantitative estimate of drug-likeness (QED) is 0.302. The van der Waals surface area contributed by atoms with Crippen molar-refractivity contribution in [3.8, 4) is 6.07 Å². The molecular formula is C20H23BN4O5. The molecule has 1 saturated heterocycles. The minimum absolute atomic E-state index is 0.137. The van der Waals surface area contributed by atoms with E-state index in [2.05, 4.69) is 17.2 Å². The van der Waals surface area contributed by atoms with Gasteiger partial charge >= 0.3 is 13.1 Å². The number of hydrogen-bond donors (Lipinski definition) is 4. The van der Waals surface area contributed by atoms with Crippen molar-refractivity contribution < 1.29 is 24.1 Å². The van der Waals surface area contributed by atoms with E-state index < -0.39 is 25.0 Å². The Hall–Kier alpha value is -3.29. The molecule has 2 atom stereocenters. The number of nitrogens with one attached hydrogen (secondary N) is 2. The van der Waals surface area contributed by atoms with Crippen molar-refractivity contribution in [2.24, 2.45) is 0 Å². The molecule has 3 amide bonds. The summed E-state index contributed by atoms with van der Waals surface area (Å²) < 4.78 is 5.45. The molecule has 2 heterocycles. The van der Waals surface area contributed by atoms with Crippen LogP contribution in [-0.2, 0) is 11.2 Å². The number of amides is 3. The Morgan fingerprint density at radius 2 is 2.17 bits per heavy atom. The second kappa shape index (κ2) is 9.48. The van der Waals surface area contributed by atoms with E-state index in [4.69, 9.17) is 9.68 Å². The average Bonchev–Trinajstić information content (AvgIpc) is 3.37. The highest BCUT2D eigenvalue weighted by Crippen LogP contribution is 2.22. The summed E-state index contributed by atoms with van der Waals surface area (Å²) in [6.07, 6.45) is 3.16. The van der Waals surface area contributed by atoms with Crippen LogP contribution in [0.1, 0.15) is 18.4 Å². The summed E-state index contributed by atoms with van der Waals surface area (Å²) in [7, 11) is -1.77. The van der Waals surface area contributed by atoms with Crippen LogP contribution in [0.2, 0.25) is 0 Å². The highest BCUT2D eigenvalue weighted by Gasteiger charge is 2.31. The number of nitrogens with zero attached hydrogens (tertiary/aromatic N) is 2. The Bertz CT molecular complexity index is 983. The average molecular weight is 410 g/mol. The molecule has 1 aliphatic rings. The number of nitriles is 1. The van der Waals surface area contributed by atoms with Crippen LogP contribution < -0.4 is 10.6 Å². The Morgan fingerprint density at radius 3 is 2.90 bits per heavy atom. The molecule has 0 bridgehead atoms. The summed E-state index contributed by atoms with van der Waals surface area (Å²) in [6, 6.07) is 8.27. The van der Waals surface area contributed by atoms with E-state index in [1.807, 2.05) is 18.2 Å². The minimum atomic E-state index is -1.77. The zero-order chi connectivity index (χ0) is 21.7. The molecule has 30 heavy (non-hydrogen) atoms. The van der Waals surface area contributed by atoms with Crippen LogP contribution >= 0.6 is 0 Å². The molecule has 156 valence electrons. The molecule has 0 unspecified atom stereocenters. The largest absolute Gasteiger partial charge is 0.475 e. The maximum absolute atomic E-state index is 12.3. The molecule has 9 nitrogen and oxygen atoms in total. The molecule has 3 rings (SSSR count). The monoisotopic (exact) mass is 410 g/mol. The van der Waals surface area contributed by atoms with E-state index in [9.17, 15) is 19.6 Å². The van der Waals surface area contributed by atoms with Gasteiger partial charge in [0.25, 0.3) is 5.91 Å². The van der Waals surface area contributed by atoms with Crippen molar-refractivity contribution in [3.63, 3.8) is 0 Å². The van der Waals surface area contributed by atoms with Gasteiger partial charge in [0, 0.05) is 24.5 Å². The van der Waals surface area contributed by atoms with Gasteiger partial charge in [0.05, 0.1) is 12.2 Å². The molecule has 2 aromatic rings. The molecule has 0 saturated carbocycles. The Balaban J connectivity index is 1.57. The van der Waals surface area contributed by atoms with Crippen molar-refractivity contribution in [3.05, 3.63) is 48.2 Å². The highest BCUT2D eigenvalue weighted by atomic mass is 16.4. The lowest BCUT2D eigenvalue weighted by Crippen LogP contribution is -2.53. The van der Waals surface area contributed by atoms with Crippen molar-refractivity contribution >= 4 is 30.0 Å². The molecular weight excluding hydrogens is 387 g/mol. The first-order chi connectivity index (χ1) is 14.4. The summed E-state index contributed by atoms with van der Waals surface area (Å²) in [4.78, 5) is 26.0. The number of benzene rings is 1. The SMILES string of the molecule is C=C(C#N)C(=O)N1CCC[C@@H]1CNC(=O)N[C@@H](Cc1coc2ccccc12)B(O)O. The lowest BCUT2D eigenvalue weighted by Gasteiger charge is -2.25. The first-order valence-electron chi connectivity index (χ1n) is 9.66. The Morgan fingerprint density at radius 1 is 1.40 bits per heavy atom. The fourth-order valence-electron chi connectivity index (χ4n) is 3.63. The molecule has 0 spiro atoms. The van der Waals surface area contributed by atoms with Crippen LogP contribution in [0.5, 0.6) is 0 Å². The van der Waals surface area contributed by atoms with Crippen molar-refractivity contribution in [1.29, 1.82) is 5.26 Å². The summed E-state index contributed by atoms with van der Waals surface area (Å²) in [5.41, 5.74) is 1.28. The van der Waals surface area contributed by atoms with Crippen LogP contribution in [0.15, 0.2) is 47.1 Å². The van der Waals surface area contributed by atoms with Gasteiger partial charge in [-0.05, 0) is 30.9 Å². The van der Waals surface area contributed by atoms with Gasteiger partial charge in [-0.3, -0.25) is 4.79 Å². The number of carbonyl (C=O) groups is 2. The van der Waals surface area contributed by atoms with Gasteiger partial charge < -0.3 is 30.0 Å². The van der Waals surface area contributed by atoms with Gasteiger partial charge in [0.1, 0.15) is 17.2 Å². The number of carbonyl (C=O) groups excluding carboxylic acids is 2. The molecule has 10 heteroatoms. The zero-order valence-electron chi connectivity index (χ0n) is 16.4. The summed E-state index contributed by atoms with van der Waals surface area (Å²) in [6.45, 7) is 4.13. The third kappa shape index (κ3) is 4.82. The van der Waals surface area contributed by atoms with Crippen molar-refractivity contribution in [1.82, 2.24) is 15.5 Å². The van der Waals surface area contributed by atoms with Crippen LogP contribution in [0.25, 0.3) is 11.0 Å². The normalized spacial score (nSPS) is 16.7. The topological polar surface area (TPSA) is 139 Å². The number of fused-ring (bicyclic) bond motifs is 1. The molecule has 1 fully saturated rings. The number of urea groups is 1. The van der Waals surface area contributed by atoms with Crippen LogP contribution in [0, 0.1) is 11.3 Å². The van der Waals surface area contributed by atoms with Gasteiger partial charge in [-0.2, -0.15) is 5.26 Å². The summed E-state index contributed by atoms with van der Waals surface area (Å²) in [5, 5.41) is 34.3. The smallest absolute Gasteiger partial charge is 0.464 e. The molecule has 1 aromatic heterocycles. The molecule has 1 aromatic carbocycles. The highest BCUT2D eigenvalue weighted by molar-refractivity contribution is 6.43. The van der Waals surface area contributed by atoms with E-state index in [1.165, 1.54) is 11.2 Å². The first-order valence-corrected chi connectivity index (χ1v) is 9.66. The van der Waals surface area contributed by atoms with Crippen molar-refractivity contribution in [2.45, 2.75) is 31.2 Å². The number of hydrogen-bond acceptors (Lipinski definition) is 6. The summed E-state index contributed by atoms with van der Waals surface area (Å²) in [5.74, 6) is -1.39. The van der Waals surface area contributed by atoms with Gasteiger partial charge in [-0.15, -0.1) is 0 Å². The van der Waals surface area contributed by atoms with E-state index >= 15 is 0 Å². The van der Waals surface area contributed by atoms with E-state index in [0.29, 0.717) is 18.5 Å². The van der Waals surface area contributed by atoms with Gasteiger partial charge in [-0.25, -0.2) is 4.79 Å². The maximum Gasteiger partial charge on any atom is 0.475 e. The van der Waals surface area contributed by atoms with E-state index in [1.54, 1.807) is 12.1 Å². The fraction of sp³-hybridized carbons (Fsp3) is 0.350. The van der Waals surface area contributed by atoms with E-state index in [0.717, 1.165) is 17.4 Å². The molecule has 1 aliphatic heterocycles. The standard InChI is InChI=1S/C20H23BN4O5/c1-13(10-22)19(26)25-8-4-5-15(25)11-23-20(27)24-18(21(28)29)9-14-12-30-17-7-3-2-6-16(14)17/h2-3,6-7,12,15,18,28-29H,1,4-5,8-9,11H2,(H2,23,24,27)/t15-,18+/m1/s1. The Kier molecular flexibility index (Phi) is 6.77. The number of furan rings is 1. The maximum atomic E-state index is 12.3. The van der Waals surface area contributed by atoms with Crippen LogP contribution in [0.3, 0.4) is 0 Å². The first kappa shape index (κ1) is 21.4. The third-order valence-corrected chi connectivity index (χ3v) is 5.21. The fourth-order valence-corrected chi connectivity index (χ4v) is 3.63. The van der Waals surface area contributed by atoms with E-state index in [-0.39, 0.29) is 24.6 Å². The predicted octanol–water partition coefficient (Wildman–Crippen LogP) is 0.726. The molecule has 0 radical (unpaired) electrons. The van der Waals surface area contributed by atoms with Gasteiger partial charge in [0.2, 0.25) is 0 Å². The van der Waals surface area contributed by atoms with Gasteiger partial charge in [0.15, 0.2) is 0 Å². The number of para-hydroxylation sites is 1.